The van der Waals surface area contributed by atoms with E-state index in [2.05, 4.69) is 98.9 Å². The first kappa shape index (κ1) is 58.4. The molecule has 0 bridgehead atoms. The predicted molar refractivity (Wildman–Crippen MR) is 260 cm³/mol. The quantitative estimate of drug-likeness (QED) is 0.0268. The number of hydrogen-bond donors (Lipinski definition) is 4. The highest BCUT2D eigenvalue weighted by Crippen LogP contribution is 2.22. The van der Waals surface area contributed by atoms with Gasteiger partial charge in [-0.15, -0.1) is 0 Å². The number of carbonyl (C=O) groups is 1. The summed E-state index contributed by atoms with van der Waals surface area (Å²) in [5.41, 5.74) is 0. The van der Waals surface area contributed by atoms with Crippen LogP contribution in [-0.4, -0.2) is 89.6 Å². The van der Waals surface area contributed by atoms with Gasteiger partial charge in [0.25, 0.3) is 0 Å². The minimum absolute atomic E-state index is 0.125. The molecule has 9 nitrogen and oxygen atoms in total. The van der Waals surface area contributed by atoms with Crippen LogP contribution in [0.2, 0.25) is 0 Å². The lowest BCUT2D eigenvalue weighted by molar-refractivity contribution is -0.305. The van der Waals surface area contributed by atoms with Crippen LogP contribution in [0.1, 0.15) is 187 Å². The average molecular weight is 885 g/mol. The third-order valence-electron chi connectivity index (χ3n) is 11.0. The van der Waals surface area contributed by atoms with E-state index in [0.717, 1.165) is 89.9 Å². The molecule has 0 aromatic heterocycles. The zero-order valence-corrected chi connectivity index (χ0v) is 39.8. The van der Waals surface area contributed by atoms with Crippen LogP contribution in [0.4, 0.5) is 0 Å². The fraction of sp³-hybridized carbons (Fsp3) is 0.722. The van der Waals surface area contributed by atoms with Crippen molar-refractivity contribution in [1.29, 1.82) is 0 Å². The first-order valence-corrected chi connectivity index (χ1v) is 25.2. The van der Waals surface area contributed by atoms with Gasteiger partial charge in [-0.2, -0.15) is 0 Å². The van der Waals surface area contributed by atoms with Gasteiger partial charge < -0.3 is 39.4 Å². The van der Waals surface area contributed by atoms with Crippen LogP contribution in [0, 0.1) is 0 Å². The monoisotopic (exact) mass is 885 g/mol. The number of rotatable bonds is 42. The third-order valence-corrected chi connectivity index (χ3v) is 11.0. The lowest BCUT2D eigenvalue weighted by Gasteiger charge is -2.39. The molecule has 63 heavy (non-hydrogen) atoms. The second-order valence-corrected chi connectivity index (χ2v) is 16.9. The fourth-order valence-corrected chi connectivity index (χ4v) is 7.12. The smallest absolute Gasteiger partial charge is 0.306 e. The molecule has 0 radical (unpaired) electrons. The van der Waals surface area contributed by atoms with Gasteiger partial charge in [0.05, 0.1) is 19.8 Å². The van der Waals surface area contributed by atoms with Crippen LogP contribution in [0.15, 0.2) is 85.1 Å². The lowest BCUT2D eigenvalue weighted by atomic mass is 9.99. The van der Waals surface area contributed by atoms with Crippen molar-refractivity contribution < 1.29 is 44.2 Å². The molecule has 9 heteroatoms. The Labute approximate surface area is 384 Å². The number of hydrogen-bond acceptors (Lipinski definition) is 9. The molecule has 0 aliphatic carbocycles. The molecule has 0 aromatic carbocycles. The molecule has 1 fully saturated rings. The van der Waals surface area contributed by atoms with Gasteiger partial charge in [-0.05, 0) is 83.5 Å². The van der Waals surface area contributed by atoms with Crippen molar-refractivity contribution in [3.63, 3.8) is 0 Å². The summed E-state index contributed by atoms with van der Waals surface area (Å²) >= 11 is 0. The summed E-state index contributed by atoms with van der Waals surface area (Å²) < 4.78 is 22.9. The van der Waals surface area contributed by atoms with Gasteiger partial charge in [-0.1, -0.05) is 182 Å². The Morgan fingerprint density at radius 2 is 0.968 bits per heavy atom. The summed E-state index contributed by atoms with van der Waals surface area (Å²) in [4.78, 5) is 12.8. The fourth-order valence-electron chi connectivity index (χ4n) is 7.12. The molecule has 1 rings (SSSR count). The summed E-state index contributed by atoms with van der Waals surface area (Å²) in [6, 6.07) is 0. The Bertz CT molecular complexity index is 1240. The van der Waals surface area contributed by atoms with E-state index in [4.69, 9.17) is 18.9 Å². The first-order chi connectivity index (χ1) is 30.9. The molecular formula is C54H92O9. The Hall–Kier alpha value is -2.63. The van der Waals surface area contributed by atoms with E-state index in [-0.39, 0.29) is 19.2 Å². The third kappa shape index (κ3) is 35.3. The summed E-state index contributed by atoms with van der Waals surface area (Å²) in [6.07, 6.45) is 53.2. The highest BCUT2D eigenvalue weighted by atomic mass is 16.7. The van der Waals surface area contributed by atoms with Gasteiger partial charge >= 0.3 is 5.97 Å². The summed E-state index contributed by atoms with van der Waals surface area (Å²) in [5, 5.41) is 40.2. The highest BCUT2D eigenvalue weighted by Gasteiger charge is 2.44. The molecule has 0 aromatic rings. The van der Waals surface area contributed by atoms with Crippen molar-refractivity contribution in [1.82, 2.24) is 0 Å². The maximum absolute atomic E-state index is 12.8. The second kappa shape index (κ2) is 44.6. The molecule has 1 heterocycles. The van der Waals surface area contributed by atoms with Gasteiger partial charge in [0.15, 0.2) is 6.29 Å². The average Bonchev–Trinajstić information content (AvgIpc) is 3.28. The van der Waals surface area contributed by atoms with Crippen molar-refractivity contribution in [2.75, 3.05) is 26.4 Å². The van der Waals surface area contributed by atoms with E-state index >= 15 is 0 Å². The largest absolute Gasteiger partial charge is 0.457 e. The molecule has 6 atom stereocenters. The van der Waals surface area contributed by atoms with Crippen LogP contribution in [0.3, 0.4) is 0 Å². The van der Waals surface area contributed by atoms with Crippen molar-refractivity contribution >= 4 is 5.97 Å². The van der Waals surface area contributed by atoms with Crippen LogP contribution in [0.25, 0.3) is 0 Å². The Balaban J connectivity index is 2.21. The van der Waals surface area contributed by atoms with E-state index in [0.29, 0.717) is 13.0 Å². The molecule has 1 saturated heterocycles. The minimum atomic E-state index is -1.54. The maximum Gasteiger partial charge on any atom is 0.306 e. The summed E-state index contributed by atoms with van der Waals surface area (Å²) in [7, 11) is 0. The molecule has 0 spiro atoms. The molecule has 6 unspecified atom stereocenters. The van der Waals surface area contributed by atoms with Crippen LogP contribution in [0.5, 0.6) is 0 Å². The zero-order valence-electron chi connectivity index (χ0n) is 39.8. The number of ether oxygens (including phenoxy) is 4. The number of esters is 1. The lowest BCUT2D eigenvalue weighted by Crippen LogP contribution is -2.59. The van der Waals surface area contributed by atoms with Crippen molar-refractivity contribution in [3.05, 3.63) is 85.1 Å². The number of carbonyl (C=O) groups excluding carboxylic acids is 1. The minimum Gasteiger partial charge on any atom is -0.457 e. The van der Waals surface area contributed by atoms with Gasteiger partial charge in [0.2, 0.25) is 0 Å². The van der Waals surface area contributed by atoms with Gasteiger partial charge in [-0.3, -0.25) is 4.79 Å². The Kier molecular flexibility index (Phi) is 41.3. The molecule has 0 amide bonds. The number of allylic oxidation sites excluding steroid dienone is 14. The molecule has 1 aliphatic heterocycles. The SMILES string of the molecule is CC/C=C\C/C=C\C/C=C\C/C=C\C/C=C\CCCCCCCCCCCC(=O)OC(COCCCCCCCC/C=C\C/C=C\CCCC)COC1OC(CO)C(O)C(O)C1O. The molecular weight excluding hydrogens is 793 g/mol. The van der Waals surface area contributed by atoms with Gasteiger partial charge in [0, 0.05) is 13.0 Å². The summed E-state index contributed by atoms with van der Waals surface area (Å²) in [5.74, 6) is -0.327. The molecule has 362 valence electrons. The van der Waals surface area contributed by atoms with E-state index < -0.39 is 43.4 Å². The molecule has 4 N–H and O–H groups in total. The second-order valence-electron chi connectivity index (χ2n) is 16.9. The number of unbranched alkanes of at least 4 members (excludes halogenated alkanes) is 17. The zero-order chi connectivity index (χ0) is 45.7. The number of aliphatic hydroxyl groups excluding tert-OH is 4. The van der Waals surface area contributed by atoms with E-state index in [1.54, 1.807) is 0 Å². The van der Waals surface area contributed by atoms with E-state index in [9.17, 15) is 25.2 Å². The van der Waals surface area contributed by atoms with E-state index in [1.807, 2.05) is 0 Å². The van der Waals surface area contributed by atoms with Crippen LogP contribution < -0.4 is 0 Å². The topological polar surface area (TPSA) is 135 Å². The molecule has 0 saturated carbocycles. The standard InChI is InChI=1S/C54H92O9/c1-3-5-7-9-11-13-15-17-19-20-21-22-23-24-25-26-27-28-29-31-33-35-37-39-41-43-50(56)62-48(47-61-54-53(59)52(58)51(57)49(45-55)63-54)46-60-44-42-40-38-36-34-32-30-18-16-14-12-10-8-6-4-2/h5,7,10-13,16-19,21-22,24-25,48-49,51-55,57-59H,3-4,6,8-9,14-15,20,23,26-47H2,1-2H3/b7-5-,12-10-,13-11-,18-16-,19-17-,22-21-,25-24-. The number of aliphatic hydroxyl groups is 4. The molecule has 1 aliphatic rings. The maximum atomic E-state index is 12.8. The van der Waals surface area contributed by atoms with Crippen molar-refractivity contribution in [2.24, 2.45) is 0 Å². The van der Waals surface area contributed by atoms with Gasteiger partial charge in [0.1, 0.15) is 30.5 Å². The van der Waals surface area contributed by atoms with Crippen LogP contribution in [-0.2, 0) is 23.7 Å². The van der Waals surface area contributed by atoms with Gasteiger partial charge in [-0.25, -0.2) is 0 Å². The highest BCUT2D eigenvalue weighted by molar-refractivity contribution is 5.69. The normalized spacial score (nSPS) is 20.4. The van der Waals surface area contributed by atoms with Crippen molar-refractivity contribution in [3.8, 4) is 0 Å². The Morgan fingerprint density at radius 3 is 1.46 bits per heavy atom. The first-order valence-electron chi connectivity index (χ1n) is 25.2. The van der Waals surface area contributed by atoms with E-state index in [1.165, 1.54) is 77.0 Å². The predicted octanol–water partition coefficient (Wildman–Crippen LogP) is 12.2. The Morgan fingerprint density at radius 1 is 0.524 bits per heavy atom. The summed E-state index contributed by atoms with van der Waals surface area (Å²) in [6.45, 7) is 4.37. The van der Waals surface area contributed by atoms with Crippen molar-refractivity contribution in [2.45, 2.75) is 224 Å². The van der Waals surface area contributed by atoms with Crippen LogP contribution >= 0.6 is 0 Å².